The molecule has 1 aliphatic carbocycles. The van der Waals surface area contributed by atoms with Crippen molar-refractivity contribution in [3.05, 3.63) is 151 Å². The zero-order valence-corrected chi connectivity index (χ0v) is 26.1. The van der Waals surface area contributed by atoms with E-state index in [4.69, 9.17) is 28.1 Å². The quantitative estimate of drug-likeness (QED) is 0.191. The summed E-state index contributed by atoms with van der Waals surface area (Å²) < 4.78 is 92.3. The minimum absolute atomic E-state index is 0.0602. The molecule has 0 fully saturated rings. The van der Waals surface area contributed by atoms with Crippen molar-refractivity contribution in [3.8, 4) is 51.0 Å². The molecule has 3 heterocycles. The van der Waals surface area contributed by atoms with Crippen molar-refractivity contribution >= 4 is 32.9 Å². The van der Waals surface area contributed by atoms with Gasteiger partial charge in [0.25, 0.3) is 0 Å². The summed E-state index contributed by atoms with van der Waals surface area (Å²) in [7, 11) is 0. The van der Waals surface area contributed by atoms with E-state index in [1.165, 1.54) is 12.0 Å². The highest BCUT2D eigenvalue weighted by molar-refractivity contribution is 6.10. The summed E-state index contributed by atoms with van der Waals surface area (Å²) in [6, 6.07) is 18.1. The predicted octanol–water partition coefficient (Wildman–Crippen LogP) is 10.4. The first kappa shape index (κ1) is 19.4. The minimum Gasteiger partial charge on any atom is -0.443 e. The second kappa shape index (κ2) is 10.3. The van der Waals surface area contributed by atoms with Crippen molar-refractivity contribution in [3.63, 3.8) is 0 Å². The number of nitrogens with zero attached hydrogens (tertiary/aromatic N) is 5. The van der Waals surface area contributed by atoms with Gasteiger partial charge in [-0.25, -0.2) is 9.97 Å². The second-order valence-corrected chi connectivity index (χ2v) is 12.4. The van der Waals surface area contributed by atoms with Crippen molar-refractivity contribution in [1.82, 2.24) is 24.5 Å². The van der Waals surface area contributed by atoms with Gasteiger partial charge in [-0.1, -0.05) is 117 Å². The third kappa shape index (κ3) is 4.14. The number of oxazole rings is 1. The molecule has 0 radical (unpaired) electrons. The molecular weight excluding hydrogens is 603 g/mol. The van der Waals surface area contributed by atoms with Gasteiger partial charge in [0.1, 0.15) is 5.52 Å². The van der Waals surface area contributed by atoms with Gasteiger partial charge in [-0.15, -0.1) is 0 Å². The van der Waals surface area contributed by atoms with E-state index < -0.39 is 60.4 Å². The van der Waals surface area contributed by atoms with E-state index in [9.17, 15) is 0 Å². The number of hydrogen-bond acceptors (Lipinski definition) is 5. The van der Waals surface area contributed by atoms with E-state index in [1.54, 1.807) is 4.57 Å². The molecule has 6 aromatic carbocycles. The maximum Gasteiger partial charge on any atom is 0.238 e. The van der Waals surface area contributed by atoms with Crippen LogP contribution in [0.5, 0.6) is 0 Å². The highest BCUT2D eigenvalue weighted by Gasteiger charge is 2.37. The maximum absolute atomic E-state index is 8.73. The summed E-state index contributed by atoms with van der Waals surface area (Å²) in [5, 5.41) is 1.65. The highest BCUT2D eigenvalue weighted by atomic mass is 16.3. The molecule has 0 bridgehead atoms. The average molecular weight is 642 g/mol. The van der Waals surface area contributed by atoms with E-state index in [0.717, 1.165) is 49.7 Å². The van der Waals surface area contributed by atoms with Gasteiger partial charge in [-0.2, -0.15) is 9.97 Å². The summed E-state index contributed by atoms with van der Waals surface area (Å²) >= 11 is 0. The molecule has 232 valence electrons. The average Bonchev–Trinajstić information content (AvgIpc) is 3.91. The third-order valence-electron chi connectivity index (χ3n) is 9.41. The first-order valence-electron chi connectivity index (χ1n) is 20.6. The molecule has 0 spiro atoms. The fraction of sp³-hybridized carbons (Fsp3) is 0.0698. The minimum atomic E-state index is -0.611. The molecule has 10 rings (SSSR count). The third-order valence-corrected chi connectivity index (χ3v) is 9.41. The number of hydrogen-bond donors (Lipinski definition) is 0. The number of rotatable bonds is 4. The van der Waals surface area contributed by atoms with Crippen LogP contribution in [0.4, 0.5) is 0 Å². The highest BCUT2D eigenvalue weighted by Crippen LogP contribution is 2.52. The molecule has 6 heteroatoms. The van der Waals surface area contributed by atoms with E-state index in [1.807, 2.05) is 42.5 Å². The lowest BCUT2D eigenvalue weighted by atomic mass is 9.82. The Hall–Kier alpha value is -6.40. The molecule has 0 N–H and O–H groups in total. The van der Waals surface area contributed by atoms with E-state index >= 15 is 0 Å². The molecule has 0 atom stereocenters. The Morgan fingerprint density at radius 2 is 1.29 bits per heavy atom. The summed E-state index contributed by atoms with van der Waals surface area (Å²) in [5.41, 5.74) is 8.24. The monoisotopic (exact) mass is 641 g/mol. The molecular formula is C43H29N5O. The Morgan fingerprint density at radius 3 is 2.04 bits per heavy atom. The smallest absolute Gasteiger partial charge is 0.238 e. The van der Waals surface area contributed by atoms with E-state index in [0.29, 0.717) is 11.0 Å². The predicted molar refractivity (Wildman–Crippen MR) is 196 cm³/mol. The molecule has 0 aliphatic heterocycles. The summed E-state index contributed by atoms with van der Waals surface area (Å²) in [6.07, 6.45) is 1.47. The van der Waals surface area contributed by atoms with Gasteiger partial charge in [0.05, 0.1) is 24.7 Å². The van der Waals surface area contributed by atoms with Crippen molar-refractivity contribution in [1.29, 1.82) is 0 Å². The lowest BCUT2D eigenvalue weighted by Gasteiger charge is -2.21. The van der Waals surface area contributed by atoms with Gasteiger partial charge in [0.15, 0.2) is 23.6 Å². The zero-order valence-electron chi connectivity index (χ0n) is 36.1. The zero-order chi connectivity index (χ0) is 41.4. The van der Waals surface area contributed by atoms with Crippen molar-refractivity contribution in [2.24, 2.45) is 0 Å². The van der Waals surface area contributed by atoms with Gasteiger partial charge < -0.3 is 4.42 Å². The summed E-state index contributed by atoms with van der Waals surface area (Å²) in [5.74, 6) is -0.729. The maximum atomic E-state index is 8.73. The number of para-hydroxylation sites is 1. The van der Waals surface area contributed by atoms with Crippen LogP contribution < -0.4 is 0 Å². The molecule has 0 amide bonds. The lowest BCUT2D eigenvalue weighted by molar-refractivity contribution is 0.601. The fourth-order valence-electron chi connectivity index (χ4n) is 7.12. The molecule has 9 aromatic rings. The molecule has 0 saturated heterocycles. The van der Waals surface area contributed by atoms with Gasteiger partial charge >= 0.3 is 0 Å². The van der Waals surface area contributed by atoms with Crippen LogP contribution >= 0.6 is 0 Å². The van der Waals surface area contributed by atoms with Crippen LogP contribution in [-0.4, -0.2) is 24.5 Å². The summed E-state index contributed by atoms with van der Waals surface area (Å²) in [6.45, 7) is 4.40. The normalized spacial score (nSPS) is 16.1. The topological polar surface area (TPSA) is 69.6 Å². The first-order chi connectivity index (χ1) is 28.2. The molecule has 0 saturated carbocycles. The van der Waals surface area contributed by atoms with Crippen LogP contribution in [0.1, 0.15) is 38.7 Å². The fourth-order valence-corrected chi connectivity index (χ4v) is 7.12. The van der Waals surface area contributed by atoms with Gasteiger partial charge in [0.2, 0.25) is 5.95 Å². The Balaban J connectivity index is 1.22. The van der Waals surface area contributed by atoms with Gasteiger partial charge in [0, 0.05) is 32.9 Å². The molecule has 49 heavy (non-hydrogen) atoms. The molecule has 6 nitrogen and oxygen atoms in total. The number of benzene rings is 6. The molecule has 3 aromatic heterocycles. The van der Waals surface area contributed by atoms with Crippen LogP contribution in [0.25, 0.3) is 83.9 Å². The Kier molecular flexibility index (Phi) is 4.08. The second-order valence-electron chi connectivity index (χ2n) is 12.4. The Bertz CT molecular complexity index is 3190. The van der Waals surface area contributed by atoms with Crippen molar-refractivity contribution in [2.45, 2.75) is 19.3 Å². The van der Waals surface area contributed by atoms with Crippen LogP contribution in [0.3, 0.4) is 0 Å². The van der Waals surface area contributed by atoms with Crippen molar-refractivity contribution < 1.29 is 18.1 Å². The van der Waals surface area contributed by atoms with Crippen LogP contribution in [0, 0.1) is 0 Å². The SMILES string of the molecule is [2H]c1c([2H])c([2H])c(-c2nc(-c3c([2H])c([2H])c([2H])c([2H])c3[2H])nc(-n3c4ccccc4c4cc(-c5ccc6c(c5)-c5c(ccc7ncoc57)C6(C)C)ccc43)n2)c([2H])c1[2H]. The lowest BCUT2D eigenvalue weighted by Crippen LogP contribution is -2.14. The van der Waals surface area contributed by atoms with E-state index in [-0.39, 0.29) is 34.1 Å². The van der Waals surface area contributed by atoms with Crippen LogP contribution in [-0.2, 0) is 5.41 Å². The number of fused-ring (bicyclic) bond motifs is 8. The Labute approximate surface area is 296 Å². The largest absolute Gasteiger partial charge is 0.443 e. The first-order valence-corrected chi connectivity index (χ1v) is 15.6. The standard InChI is InChI=1S/C43H29N5O/c1-43(2)33-19-17-28(24-32(33)38-34(43)20-21-35-39(38)49-25-44-35)29-18-22-37-31(23-29)30-15-9-10-16-36(30)48(37)42-46-40(26-11-5-3-6-12-26)45-41(47-42)27-13-7-4-8-14-27/h3-25H,1-2H3/i3D,4D,5D,6D,7D,8D,11D,12D,13D,14D. The summed E-state index contributed by atoms with van der Waals surface area (Å²) in [4.78, 5) is 18.3. The van der Waals surface area contributed by atoms with Gasteiger partial charge in [-0.3, -0.25) is 4.57 Å². The van der Waals surface area contributed by atoms with Crippen molar-refractivity contribution in [2.75, 3.05) is 0 Å². The molecule has 0 unspecified atom stereocenters. The van der Waals surface area contributed by atoms with E-state index in [2.05, 4.69) is 54.1 Å². The Morgan fingerprint density at radius 1 is 0.633 bits per heavy atom. The van der Waals surface area contributed by atoms with Gasteiger partial charge in [-0.05, 0) is 58.1 Å². The van der Waals surface area contributed by atoms with Crippen LogP contribution in [0.2, 0.25) is 0 Å². The molecule has 1 aliphatic rings. The van der Waals surface area contributed by atoms with Crippen LogP contribution in [0.15, 0.2) is 144 Å². The number of aromatic nitrogens is 5.